The lowest BCUT2D eigenvalue weighted by molar-refractivity contribution is 0.441. The molecule has 0 aromatic carbocycles. The smallest absolute Gasteiger partial charge is 0.229 e. The van der Waals surface area contributed by atoms with Crippen molar-refractivity contribution in [2.24, 2.45) is 5.92 Å². The monoisotopic (exact) mass is 226 g/mol. The molecule has 1 saturated heterocycles. The van der Waals surface area contributed by atoms with Gasteiger partial charge in [-0.1, -0.05) is 6.92 Å². The van der Waals surface area contributed by atoms with Crippen LogP contribution in [0.15, 0.2) is 0 Å². The van der Waals surface area contributed by atoms with Crippen LogP contribution in [-0.2, 0) is 0 Å². The molecule has 1 aromatic heterocycles. The summed E-state index contributed by atoms with van der Waals surface area (Å²) < 4.78 is 0. The molecule has 0 saturated carbocycles. The van der Waals surface area contributed by atoms with Crippen LogP contribution < -0.4 is 4.90 Å². The van der Waals surface area contributed by atoms with Crippen LogP contribution in [0.2, 0.25) is 5.28 Å². The molecular formula is C10H15ClN4. The molecule has 0 N–H and O–H groups in total. The normalized spacial score (nSPS) is 21.8. The van der Waals surface area contributed by atoms with Gasteiger partial charge in [0.25, 0.3) is 0 Å². The molecule has 1 aliphatic heterocycles. The SMILES string of the molecule is Cc1nc(Cl)nc(N2CCCC(C)C2)n1. The molecule has 15 heavy (non-hydrogen) atoms. The van der Waals surface area contributed by atoms with Crippen molar-refractivity contribution >= 4 is 17.5 Å². The Hall–Kier alpha value is -0.900. The first kappa shape index (κ1) is 10.6. The summed E-state index contributed by atoms with van der Waals surface area (Å²) in [6.07, 6.45) is 2.48. The van der Waals surface area contributed by atoms with Crippen LogP contribution in [0.25, 0.3) is 0 Å². The molecule has 1 atom stereocenters. The fourth-order valence-electron chi connectivity index (χ4n) is 1.95. The molecule has 2 rings (SSSR count). The minimum atomic E-state index is 0.288. The Labute approximate surface area is 94.7 Å². The molecule has 1 aliphatic rings. The van der Waals surface area contributed by atoms with Gasteiger partial charge in [-0.25, -0.2) is 4.98 Å². The number of aromatic nitrogens is 3. The Morgan fingerprint density at radius 3 is 2.80 bits per heavy atom. The van der Waals surface area contributed by atoms with Crippen molar-refractivity contribution < 1.29 is 0 Å². The van der Waals surface area contributed by atoms with Gasteiger partial charge in [-0.3, -0.25) is 0 Å². The van der Waals surface area contributed by atoms with E-state index < -0.39 is 0 Å². The average Bonchev–Trinajstić information content (AvgIpc) is 2.16. The van der Waals surface area contributed by atoms with Crippen LogP contribution in [0.4, 0.5) is 5.95 Å². The summed E-state index contributed by atoms with van der Waals surface area (Å²) in [5.41, 5.74) is 0. The molecule has 1 aromatic rings. The van der Waals surface area contributed by atoms with E-state index in [0.717, 1.165) is 19.0 Å². The standard InChI is InChI=1S/C10H15ClN4/c1-7-4-3-5-15(6-7)10-13-8(2)12-9(11)14-10/h7H,3-6H2,1-2H3. The maximum atomic E-state index is 5.82. The van der Waals surface area contributed by atoms with Crippen LogP contribution in [-0.4, -0.2) is 28.0 Å². The molecule has 5 heteroatoms. The van der Waals surface area contributed by atoms with Crippen LogP contribution >= 0.6 is 11.6 Å². The van der Waals surface area contributed by atoms with E-state index in [1.807, 2.05) is 6.92 Å². The Morgan fingerprint density at radius 2 is 2.13 bits per heavy atom. The van der Waals surface area contributed by atoms with E-state index in [1.54, 1.807) is 0 Å². The fraction of sp³-hybridized carbons (Fsp3) is 0.700. The fourth-order valence-corrected chi connectivity index (χ4v) is 2.15. The first-order chi connectivity index (χ1) is 7.15. The maximum Gasteiger partial charge on any atom is 0.229 e. The van der Waals surface area contributed by atoms with E-state index in [2.05, 4.69) is 26.8 Å². The second kappa shape index (κ2) is 4.31. The summed E-state index contributed by atoms with van der Waals surface area (Å²) in [7, 11) is 0. The van der Waals surface area contributed by atoms with E-state index in [-0.39, 0.29) is 5.28 Å². The Kier molecular flexibility index (Phi) is 3.05. The zero-order valence-corrected chi connectivity index (χ0v) is 9.83. The first-order valence-corrected chi connectivity index (χ1v) is 5.66. The van der Waals surface area contributed by atoms with E-state index in [9.17, 15) is 0 Å². The minimum Gasteiger partial charge on any atom is -0.340 e. The third-order valence-corrected chi connectivity index (χ3v) is 2.82. The number of hydrogen-bond donors (Lipinski definition) is 0. The van der Waals surface area contributed by atoms with Crippen molar-refractivity contribution in [1.29, 1.82) is 0 Å². The Balaban J connectivity index is 2.20. The number of hydrogen-bond acceptors (Lipinski definition) is 4. The van der Waals surface area contributed by atoms with E-state index in [4.69, 9.17) is 11.6 Å². The predicted molar refractivity (Wildman–Crippen MR) is 60.2 cm³/mol. The van der Waals surface area contributed by atoms with Gasteiger partial charge in [-0.15, -0.1) is 0 Å². The van der Waals surface area contributed by atoms with Gasteiger partial charge in [0.15, 0.2) is 0 Å². The van der Waals surface area contributed by atoms with Crippen LogP contribution in [0.5, 0.6) is 0 Å². The summed E-state index contributed by atoms with van der Waals surface area (Å²) >= 11 is 5.82. The van der Waals surface area contributed by atoms with Crippen LogP contribution in [0, 0.1) is 12.8 Å². The zero-order valence-electron chi connectivity index (χ0n) is 9.07. The molecule has 0 bridgehead atoms. The largest absolute Gasteiger partial charge is 0.340 e. The lowest BCUT2D eigenvalue weighted by Gasteiger charge is -2.30. The van der Waals surface area contributed by atoms with Crippen molar-refractivity contribution in [1.82, 2.24) is 15.0 Å². The number of aryl methyl sites for hydroxylation is 1. The molecule has 0 radical (unpaired) electrons. The van der Waals surface area contributed by atoms with Gasteiger partial charge in [0.1, 0.15) is 5.82 Å². The molecule has 82 valence electrons. The predicted octanol–water partition coefficient (Wildman–Crippen LogP) is 2.07. The van der Waals surface area contributed by atoms with Gasteiger partial charge in [0.05, 0.1) is 0 Å². The van der Waals surface area contributed by atoms with Crippen molar-refractivity contribution in [3.8, 4) is 0 Å². The lowest BCUT2D eigenvalue weighted by atomic mass is 10.0. The molecule has 0 aliphatic carbocycles. The number of nitrogens with zero attached hydrogens (tertiary/aromatic N) is 4. The highest BCUT2D eigenvalue weighted by atomic mass is 35.5. The van der Waals surface area contributed by atoms with Crippen LogP contribution in [0.3, 0.4) is 0 Å². The average molecular weight is 227 g/mol. The number of halogens is 1. The summed E-state index contributed by atoms with van der Waals surface area (Å²) in [6, 6.07) is 0. The van der Waals surface area contributed by atoms with E-state index in [1.165, 1.54) is 12.8 Å². The second-order valence-corrected chi connectivity index (χ2v) is 4.48. The summed E-state index contributed by atoms with van der Waals surface area (Å²) in [5.74, 6) is 2.11. The first-order valence-electron chi connectivity index (χ1n) is 5.28. The van der Waals surface area contributed by atoms with Gasteiger partial charge >= 0.3 is 0 Å². The van der Waals surface area contributed by atoms with Gasteiger partial charge in [-0.2, -0.15) is 9.97 Å². The number of piperidine rings is 1. The summed E-state index contributed by atoms with van der Waals surface area (Å²) in [4.78, 5) is 14.6. The molecule has 4 nitrogen and oxygen atoms in total. The summed E-state index contributed by atoms with van der Waals surface area (Å²) in [5, 5.41) is 0.288. The quantitative estimate of drug-likeness (QED) is 0.735. The summed E-state index contributed by atoms with van der Waals surface area (Å²) in [6.45, 7) is 6.12. The molecule has 1 fully saturated rings. The van der Waals surface area contributed by atoms with Gasteiger partial charge in [0.2, 0.25) is 11.2 Å². The zero-order chi connectivity index (χ0) is 10.8. The Bertz CT molecular complexity index is 335. The second-order valence-electron chi connectivity index (χ2n) is 4.15. The Morgan fingerprint density at radius 1 is 1.33 bits per heavy atom. The van der Waals surface area contributed by atoms with Crippen LogP contribution in [0.1, 0.15) is 25.6 Å². The van der Waals surface area contributed by atoms with Crippen molar-refractivity contribution in [2.75, 3.05) is 18.0 Å². The number of rotatable bonds is 1. The van der Waals surface area contributed by atoms with Gasteiger partial charge in [0, 0.05) is 13.1 Å². The third kappa shape index (κ3) is 2.56. The minimum absolute atomic E-state index is 0.288. The topological polar surface area (TPSA) is 41.9 Å². The van der Waals surface area contributed by atoms with E-state index in [0.29, 0.717) is 11.7 Å². The molecule has 0 spiro atoms. The number of anilines is 1. The highest BCUT2D eigenvalue weighted by Gasteiger charge is 2.19. The lowest BCUT2D eigenvalue weighted by Crippen LogP contribution is -2.35. The van der Waals surface area contributed by atoms with Gasteiger partial charge < -0.3 is 4.90 Å². The molecular weight excluding hydrogens is 212 g/mol. The van der Waals surface area contributed by atoms with Crippen molar-refractivity contribution in [3.05, 3.63) is 11.1 Å². The highest BCUT2D eigenvalue weighted by Crippen LogP contribution is 2.20. The van der Waals surface area contributed by atoms with Gasteiger partial charge in [-0.05, 0) is 37.3 Å². The van der Waals surface area contributed by atoms with E-state index >= 15 is 0 Å². The maximum absolute atomic E-state index is 5.82. The molecule has 1 unspecified atom stereocenters. The van der Waals surface area contributed by atoms with Crippen molar-refractivity contribution in [3.63, 3.8) is 0 Å². The highest BCUT2D eigenvalue weighted by molar-refractivity contribution is 6.28. The molecule has 2 heterocycles. The molecule has 0 amide bonds. The third-order valence-electron chi connectivity index (χ3n) is 2.65. The van der Waals surface area contributed by atoms with Crippen molar-refractivity contribution in [2.45, 2.75) is 26.7 Å².